The number of amides is 1. The van der Waals surface area contributed by atoms with Gasteiger partial charge in [0.1, 0.15) is 5.82 Å². The van der Waals surface area contributed by atoms with Crippen molar-refractivity contribution in [3.63, 3.8) is 0 Å². The van der Waals surface area contributed by atoms with E-state index in [1.165, 1.54) is 4.90 Å². The molecule has 3 aromatic rings. The lowest BCUT2D eigenvalue weighted by atomic mass is 9.95. The minimum Gasteiger partial charge on any atom is -0.465 e. The molecular formula is C22H28ClN5O4S. The lowest BCUT2D eigenvalue weighted by Gasteiger charge is -2.33. The Morgan fingerprint density at radius 3 is 2.76 bits per heavy atom. The van der Waals surface area contributed by atoms with Gasteiger partial charge in [-0.25, -0.2) is 9.78 Å². The van der Waals surface area contributed by atoms with Gasteiger partial charge >= 0.3 is 6.09 Å². The molecule has 178 valence electrons. The van der Waals surface area contributed by atoms with Crippen LogP contribution < -0.4 is 4.90 Å². The van der Waals surface area contributed by atoms with Crippen LogP contribution in [0.3, 0.4) is 0 Å². The van der Waals surface area contributed by atoms with Gasteiger partial charge in [-0.05, 0) is 38.3 Å². The van der Waals surface area contributed by atoms with Crippen molar-refractivity contribution in [2.24, 2.45) is 0 Å². The summed E-state index contributed by atoms with van der Waals surface area (Å²) in [7, 11) is -2.60. The zero-order chi connectivity index (χ0) is 23.5. The number of carbonyl (C=O) groups is 1. The maximum Gasteiger partial charge on any atom is 0.412 e. The fraction of sp³-hybridized carbons (Fsp3) is 0.500. The predicted octanol–water partition coefficient (Wildman–Crippen LogP) is 5.20. The van der Waals surface area contributed by atoms with Crippen molar-refractivity contribution in [1.29, 1.82) is 0 Å². The molecule has 2 aliphatic heterocycles. The molecule has 1 fully saturated rings. The van der Waals surface area contributed by atoms with Crippen LogP contribution in [0.1, 0.15) is 50.0 Å². The van der Waals surface area contributed by atoms with Crippen LogP contribution in [0.25, 0.3) is 11.0 Å². The number of aromatic nitrogens is 4. The monoisotopic (exact) mass is 493 g/mol. The average Bonchev–Trinajstić information content (AvgIpc) is 3.43. The van der Waals surface area contributed by atoms with Crippen molar-refractivity contribution in [3.05, 3.63) is 40.9 Å². The first kappa shape index (κ1) is 22.5. The van der Waals surface area contributed by atoms with Crippen LogP contribution in [-0.2, 0) is 13.0 Å². The predicted molar refractivity (Wildman–Crippen MR) is 130 cm³/mol. The topological polar surface area (TPSA) is 117 Å². The molecule has 1 aromatic carbocycles. The van der Waals surface area contributed by atoms with Crippen LogP contribution in [0.4, 0.5) is 10.5 Å². The lowest BCUT2D eigenvalue weighted by molar-refractivity contribution is 0.198. The van der Waals surface area contributed by atoms with Gasteiger partial charge < -0.3 is 9.67 Å². The van der Waals surface area contributed by atoms with E-state index in [4.69, 9.17) is 16.6 Å². The normalized spacial score (nSPS) is 24.1. The summed E-state index contributed by atoms with van der Waals surface area (Å²) in [5.41, 5.74) is 3.34. The number of hydrogen-bond acceptors (Lipinski definition) is 5. The van der Waals surface area contributed by atoms with E-state index in [0.29, 0.717) is 35.2 Å². The van der Waals surface area contributed by atoms with Crippen LogP contribution in [0.5, 0.6) is 0 Å². The first-order valence-corrected chi connectivity index (χ1v) is 13.4. The zero-order valence-corrected chi connectivity index (χ0v) is 20.1. The molecule has 5 rings (SSSR count). The van der Waals surface area contributed by atoms with Gasteiger partial charge in [-0.2, -0.15) is 15.7 Å². The van der Waals surface area contributed by atoms with Crippen molar-refractivity contribution in [2.75, 3.05) is 16.4 Å². The first-order valence-electron chi connectivity index (χ1n) is 11.1. The van der Waals surface area contributed by atoms with Crippen LogP contribution in [-0.4, -0.2) is 57.2 Å². The molecule has 3 unspecified atom stereocenters. The number of nitrogens with zero attached hydrogens (tertiary/aromatic N) is 5. The van der Waals surface area contributed by atoms with Crippen molar-refractivity contribution in [3.8, 4) is 0 Å². The highest BCUT2D eigenvalue weighted by Crippen LogP contribution is 2.51. The third-order valence-corrected chi connectivity index (χ3v) is 8.80. The number of anilines is 1. The number of fused-ring (bicyclic) bond motifs is 3. The summed E-state index contributed by atoms with van der Waals surface area (Å²) in [6.45, 7) is 4.56. The van der Waals surface area contributed by atoms with Crippen LogP contribution in [0.15, 0.2) is 24.5 Å². The Balaban J connectivity index is 1.65. The molecule has 11 heteroatoms. The molecule has 4 heterocycles. The highest BCUT2D eigenvalue weighted by Gasteiger charge is 2.35. The van der Waals surface area contributed by atoms with E-state index >= 15 is 0 Å². The third kappa shape index (κ3) is 3.99. The van der Waals surface area contributed by atoms with E-state index in [-0.39, 0.29) is 18.0 Å². The molecule has 3 N–H and O–H groups in total. The number of carboxylic acid groups (broad SMARTS) is 1. The zero-order valence-electron chi connectivity index (χ0n) is 18.6. The van der Waals surface area contributed by atoms with Gasteiger partial charge in [-0.1, -0.05) is 18.5 Å². The van der Waals surface area contributed by atoms with E-state index < -0.39 is 16.7 Å². The fourth-order valence-corrected chi connectivity index (χ4v) is 7.15. The van der Waals surface area contributed by atoms with Gasteiger partial charge in [0.15, 0.2) is 0 Å². The third-order valence-electron chi connectivity index (χ3n) is 6.79. The van der Waals surface area contributed by atoms with Crippen LogP contribution in [0, 0.1) is 0 Å². The number of hydrogen-bond donors (Lipinski definition) is 3. The minimum absolute atomic E-state index is 0.0236. The molecule has 0 spiro atoms. The van der Waals surface area contributed by atoms with E-state index in [1.54, 1.807) is 17.1 Å². The number of imidazole rings is 1. The second kappa shape index (κ2) is 8.19. The first-order chi connectivity index (χ1) is 15.6. The summed E-state index contributed by atoms with van der Waals surface area (Å²) in [5.74, 6) is 1.51. The second-order valence-electron chi connectivity index (χ2n) is 9.21. The molecule has 0 saturated carbocycles. The second-order valence-corrected chi connectivity index (χ2v) is 12.0. The molecule has 2 aromatic heterocycles. The highest BCUT2D eigenvalue weighted by atomic mass is 35.5. The SMILES string of the molecule is CC(Cn1cc(Cl)cn1)c1nc2c3c(ccc2n1C1CCS(O)(O)C1)N(C(=O)O)C(C)CC3. The molecule has 1 saturated heterocycles. The van der Waals surface area contributed by atoms with Crippen molar-refractivity contribution in [2.45, 2.75) is 57.7 Å². The molecule has 0 bridgehead atoms. The minimum atomic E-state index is -2.60. The summed E-state index contributed by atoms with van der Waals surface area (Å²) in [4.78, 5) is 18.4. The fourth-order valence-electron chi connectivity index (χ4n) is 5.24. The molecule has 9 nitrogen and oxygen atoms in total. The summed E-state index contributed by atoms with van der Waals surface area (Å²) in [5, 5.41) is 14.7. The van der Waals surface area contributed by atoms with Gasteiger partial charge in [0.25, 0.3) is 0 Å². The summed E-state index contributed by atoms with van der Waals surface area (Å²) in [6.07, 6.45) is 4.54. The van der Waals surface area contributed by atoms with Gasteiger partial charge in [-0.15, -0.1) is 0 Å². The van der Waals surface area contributed by atoms with Gasteiger partial charge in [-0.3, -0.25) is 18.7 Å². The Morgan fingerprint density at radius 2 is 2.12 bits per heavy atom. The summed E-state index contributed by atoms with van der Waals surface area (Å²) in [6, 6.07) is 3.63. The lowest BCUT2D eigenvalue weighted by Crippen LogP contribution is -2.41. The van der Waals surface area contributed by atoms with E-state index in [0.717, 1.165) is 35.3 Å². The molecule has 2 aliphatic rings. The van der Waals surface area contributed by atoms with Crippen molar-refractivity contribution < 1.29 is 19.0 Å². The quantitative estimate of drug-likeness (QED) is 0.459. The molecular weight excluding hydrogens is 466 g/mol. The van der Waals surface area contributed by atoms with Crippen LogP contribution >= 0.6 is 22.2 Å². The van der Waals surface area contributed by atoms with Gasteiger partial charge in [0, 0.05) is 29.5 Å². The average molecular weight is 494 g/mol. The van der Waals surface area contributed by atoms with Crippen molar-refractivity contribution >= 4 is 45.0 Å². The number of aryl methyl sites for hydroxylation is 1. The Bertz CT molecular complexity index is 1230. The molecule has 1 amide bonds. The number of benzene rings is 1. The standard InChI is InChI=1S/C22H28ClN5O4S/c1-13(10-26-11-15(23)9-24-26)21-25-20-17-4-3-14(2)27(22(29)30)18(17)5-6-19(20)28(21)16-7-8-33(31,32)12-16/h5-6,9,11,13-14,16,31-32H,3-4,7-8,10,12H2,1-2H3,(H,29,30). The summed E-state index contributed by atoms with van der Waals surface area (Å²) >= 11 is 6.04. The van der Waals surface area contributed by atoms with E-state index in [9.17, 15) is 19.0 Å². The maximum absolute atomic E-state index is 12.0. The number of rotatable bonds is 4. The smallest absolute Gasteiger partial charge is 0.412 e. The molecule has 0 radical (unpaired) electrons. The number of halogens is 1. The van der Waals surface area contributed by atoms with Gasteiger partial charge in [0.05, 0.1) is 46.3 Å². The largest absolute Gasteiger partial charge is 0.465 e. The molecule has 33 heavy (non-hydrogen) atoms. The van der Waals surface area contributed by atoms with Crippen molar-refractivity contribution in [1.82, 2.24) is 19.3 Å². The Morgan fingerprint density at radius 1 is 1.33 bits per heavy atom. The maximum atomic E-state index is 12.0. The van der Waals surface area contributed by atoms with Gasteiger partial charge in [0.2, 0.25) is 0 Å². The summed E-state index contributed by atoms with van der Waals surface area (Å²) < 4.78 is 24.6. The molecule has 0 aliphatic carbocycles. The molecule has 3 atom stereocenters. The van der Waals surface area contributed by atoms with Crippen LogP contribution in [0.2, 0.25) is 5.02 Å². The van der Waals surface area contributed by atoms with E-state index in [2.05, 4.69) is 16.6 Å². The Kier molecular flexibility index (Phi) is 5.59. The Hall–Kier alpha value is -2.27. The highest BCUT2D eigenvalue weighted by molar-refractivity contribution is 8.24. The Labute approximate surface area is 198 Å². The van der Waals surface area contributed by atoms with E-state index in [1.807, 2.05) is 19.1 Å².